The highest BCUT2D eigenvalue weighted by Gasteiger charge is 2.38. The van der Waals surface area contributed by atoms with Gasteiger partial charge < -0.3 is 51.2 Å². The Morgan fingerprint density at radius 3 is 1.89 bits per heavy atom. The molecule has 1 rings (SSSR count). The molecule has 0 saturated heterocycles. The number of nitrogens with one attached hydrogen (secondary N) is 3. The Bertz CT molecular complexity index is 1230. The fourth-order valence-electron chi connectivity index (χ4n) is 5.26. The van der Waals surface area contributed by atoms with Crippen LogP contribution in [0.4, 0.5) is 0 Å². The maximum atomic E-state index is 13.4. The maximum Gasteiger partial charge on any atom is 0.326 e. The SMILES string of the molecule is COc1cc(C(C)(C)CC(C)(C)C(=O)NC(C)C(=O)NC(CCC(=O)NC(CO)CCCC(N)C(=O)O)C(=O)O)cc(OC)c1OC. The molecule has 0 bridgehead atoms. The second-order valence-electron chi connectivity index (χ2n) is 12.8. The van der Waals surface area contributed by atoms with Crippen LogP contribution in [-0.4, -0.2) is 97.1 Å². The average molecular weight is 669 g/mol. The van der Waals surface area contributed by atoms with E-state index >= 15 is 0 Å². The summed E-state index contributed by atoms with van der Waals surface area (Å²) in [5.41, 5.74) is 4.77. The van der Waals surface area contributed by atoms with Crippen LogP contribution in [0.25, 0.3) is 0 Å². The molecule has 8 N–H and O–H groups in total. The van der Waals surface area contributed by atoms with Crippen LogP contribution >= 0.6 is 0 Å². The topological polar surface area (TPSA) is 236 Å². The number of methoxy groups -OCH3 is 3. The van der Waals surface area contributed by atoms with Crippen molar-refractivity contribution in [1.29, 1.82) is 0 Å². The Balaban J connectivity index is 2.81. The third kappa shape index (κ3) is 12.5. The minimum atomic E-state index is -1.42. The molecule has 0 saturated carbocycles. The van der Waals surface area contributed by atoms with E-state index in [1.807, 2.05) is 26.0 Å². The number of carbonyl (C=O) groups excluding carboxylic acids is 3. The molecule has 0 spiro atoms. The minimum absolute atomic E-state index is 0.158. The number of carboxylic acid groups (broad SMARTS) is 2. The van der Waals surface area contributed by atoms with E-state index in [2.05, 4.69) is 16.0 Å². The number of ether oxygens (including phenoxy) is 3. The molecule has 15 heteroatoms. The van der Waals surface area contributed by atoms with Gasteiger partial charge >= 0.3 is 11.9 Å². The number of aliphatic hydroxyl groups is 1. The van der Waals surface area contributed by atoms with Crippen molar-refractivity contribution in [3.05, 3.63) is 17.7 Å². The quantitative estimate of drug-likeness (QED) is 0.0982. The lowest BCUT2D eigenvalue weighted by Gasteiger charge is -2.35. The molecule has 0 aliphatic carbocycles. The van der Waals surface area contributed by atoms with Gasteiger partial charge in [-0.1, -0.05) is 27.7 Å². The summed E-state index contributed by atoms with van der Waals surface area (Å²) in [6.07, 6.45) is 0.611. The lowest BCUT2D eigenvalue weighted by Crippen LogP contribution is -2.53. The van der Waals surface area contributed by atoms with Gasteiger partial charge in [0.15, 0.2) is 11.5 Å². The minimum Gasteiger partial charge on any atom is -0.493 e. The van der Waals surface area contributed by atoms with Gasteiger partial charge in [-0.25, -0.2) is 4.79 Å². The Morgan fingerprint density at radius 2 is 1.43 bits per heavy atom. The Labute approximate surface area is 275 Å². The molecule has 4 unspecified atom stereocenters. The summed E-state index contributed by atoms with van der Waals surface area (Å²) in [7, 11) is 4.54. The first kappa shape index (κ1) is 40.9. The molecular formula is C32H52N4O11. The van der Waals surface area contributed by atoms with Crippen molar-refractivity contribution in [1.82, 2.24) is 16.0 Å². The second kappa shape index (κ2) is 18.3. The fraction of sp³-hybridized carbons (Fsp3) is 0.656. The van der Waals surface area contributed by atoms with Crippen LogP contribution in [0.1, 0.15) is 78.7 Å². The maximum absolute atomic E-state index is 13.4. The van der Waals surface area contributed by atoms with Gasteiger partial charge in [0, 0.05) is 11.8 Å². The Morgan fingerprint density at radius 1 is 0.851 bits per heavy atom. The van der Waals surface area contributed by atoms with Gasteiger partial charge in [-0.2, -0.15) is 0 Å². The zero-order chi connectivity index (χ0) is 36.1. The number of benzene rings is 1. The molecule has 3 amide bonds. The van der Waals surface area contributed by atoms with Crippen molar-refractivity contribution in [2.24, 2.45) is 11.1 Å². The zero-order valence-corrected chi connectivity index (χ0v) is 28.6. The van der Waals surface area contributed by atoms with Crippen molar-refractivity contribution in [2.75, 3.05) is 27.9 Å². The molecule has 0 aliphatic rings. The normalized spacial score (nSPS) is 14.2. The van der Waals surface area contributed by atoms with Crippen LogP contribution in [-0.2, 0) is 29.4 Å². The van der Waals surface area contributed by atoms with Gasteiger partial charge in [0.05, 0.1) is 34.0 Å². The third-order valence-electron chi connectivity index (χ3n) is 7.93. The summed E-state index contributed by atoms with van der Waals surface area (Å²) in [6, 6.07) is -0.583. The number of aliphatic carboxylic acids is 2. The molecule has 0 aliphatic heterocycles. The predicted octanol–water partition coefficient (Wildman–Crippen LogP) is 1.32. The van der Waals surface area contributed by atoms with E-state index in [0.29, 0.717) is 30.1 Å². The van der Waals surface area contributed by atoms with E-state index in [9.17, 15) is 34.2 Å². The molecular weight excluding hydrogens is 616 g/mol. The molecule has 1 aromatic carbocycles. The van der Waals surface area contributed by atoms with E-state index in [0.717, 1.165) is 5.56 Å². The number of hydrogen-bond donors (Lipinski definition) is 7. The first-order valence-electron chi connectivity index (χ1n) is 15.4. The summed E-state index contributed by atoms with van der Waals surface area (Å²) < 4.78 is 16.4. The monoisotopic (exact) mass is 668 g/mol. The Hall–Kier alpha value is -4.11. The molecule has 4 atom stereocenters. The highest BCUT2D eigenvalue weighted by molar-refractivity contribution is 5.91. The predicted molar refractivity (Wildman–Crippen MR) is 172 cm³/mol. The number of amides is 3. The van der Waals surface area contributed by atoms with E-state index in [1.54, 1.807) is 13.8 Å². The molecule has 1 aromatic rings. The highest BCUT2D eigenvalue weighted by atomic mass is 16.5. The molecule has 0 aromatic heterocycles. The summed E-state index contributed by atoms with van der Waals surface area (Å²) >= 11 is 0. The molecule has 47 heavy (non-hydrogen) atoms. The van der Waals surface area contributed by atoms with E-state index in [-0.39, 0.29) is 25.7 Å². The van der Waals surface area contributed by atoms with Gasteiger partial charge in [-0.05, 0) is 62.1 Å². The molecule has 0 heterocycles. The fourth-order valence-corrected chi connectivity index (χ4v) is 5.26. The second-order valence-corrected chi connectivity index (χ2v) is 12.8. The zero-order valence-electron chi connectivity index (χ0n) is 28.6. The van der Waals surface area contributed by atoms with Crippen molar-refractivity contribution < 1.29 is 53.5 Å². The summed E-state index contributed by atoms with van der Waals surface area (Å²) in [5.74, 6) is -2.84. The van der Waals surface area contributed by atoms with Gasteiger partial charge in [0.25, 0.3) is 0 Å². The highest BCUT2D eigenvalue weighted by Crippen LogP contribution is 2.44. The Kier molecular flexibility index (Phi) is 15.9. The number of nitrogens with two attached hydrogens (primary N) is 1. The lowest BCUT2D eigenvalue weighted by molar-refractivity contribution is -0.143. The first-order chi connectivity index (χ1) is 21.8. The summed E-state index contributed by atoms with van der Waals surface area (Å²) in [5, 5.41) is 35.7. The number of hydrogen-bond acceptors (Lipinski definition) is 10. The van der Waals surface area contributed by atoms with E-state index in [1.165, 1.54) is 28.3 Å². The van der Waals surface area contributed by atoms with Gasteiger partial charge in [-0.3, -0.25) is 19.2 Å². The van der Waals surface area contributed by atoms with Crippen molar-refractivity contribution in [3.8, 4) is 17.2 Å². The lowest BCUT2D eigenvalue weighted by atomic mass is 9.71. The van der Waals surface area contributed by atoms with E-state index < -0.39 is 71.3 Å². The summed E-state index contributed by atoms with van der Waals surface area (Å²) in [6.45, 7) is 8.44. The number of aliphatic hydroxyl groups excluding tert-OH is 1. The van der Waals surface area contributed by atoms with Gasteiger partial charge in [0.1, 0.15) is 18.1 Å². The first-order valence-corrected chi connectivity index (χ1v) is 15.4. The molecule has 0 fully saturated rings. The van der Waals surface area contributed by atoms with Crippen molar-refractivity contribution in [3.63, 3.8) is 0 Å². The van der Waals surface area contributed by atoms with Gasteiger partial charge in [-0.15, -0.1) is 0 Å². The van der Waals surface area contributed by atoms with Crippen molar-refractivity contribution in [2.45, 2.75) is 103 Å². The van der Waals surface area contributed by atoms with Crippen LogP contribution in [0.3, 0.4) is 0 Å². The number of carbonyl (C=O) groups is 5. The third-order valence-corrected chi connectivity index (χ3v) is 7.93. The van der Waals surface area contributed by atoms with Crippen LogP contribution in [0.2, 0.25) is 0 Å². The smallest absolute Gasteiger partial charge is 0.326 e. The van der Waals surface area contributed by atoms with Crippen LogP contribution in [0.5, 0.6) is 17.2 Å². The number of rotatable bonds is 21. The molecule has 266 valence electrons. The van der Waals surface area contributed by atoms with Crippen LogP contribution in [0.15, 0.2) is 12.1 Å². The standard InChI is InChI=1S/C32H52N4O11/c1-18(27(39)36-22(29(42)43)12-13-25(38)35-20(16-37)10-9-11-21(33)28(40)41)34-30(44)32(4,5)17-31(2,3)19-14-23(45-6)26(47-8)24(15-19)46-7/h14-15,18,20-22,37H,9-13,16-17,33H2,1-8H3,(H,34,44)(H,35,38)(H,36,39)(H,40,41)(H,42,43). The average Bonchev–Trinajstić information content (AvgIpc) is 3.00. The molecule has 15 nitrogen and oxygen atoms in total. The van der Waals surface area contributed by atoms with Crippen LogP contribution < -0.4 is 35.9 Å². The van der Waals surface area contributed by atoms with Gasteiger partial charge in [0.2, 0.25) is 23.5 Å². The largest absolute Gasteiger partial charge is 0.493 e. The van der Waals surface area contributed by atoms with Crippen molar-refractivity contribution >= 4 is 29.7 Å². The summed E-state index contributed by atoms with van der Waals surface area (Å²) in [4.78, 5) is 61.4. The molecule has 0 radical (unpaired) electrons. The van der Waals surface area contributed by atoms with Crippen LogP contribution in [0, 0.1) is 5.41 Å². The number of carboxylic acids is 2. The van der Waals surface area contributed by atoms with E-state index in [4.69, 9.17) is 25.1 Å².